The second-order valence-electron chi connectivity index (χ2n) is 11.9. The number of anilines is 1. The van der Waals surface area contributed by atoms with Crippen LogP contribution in [-0.4, -0.2) is 22.2 Å². The summed E-state index contributed by atoms with van der Waals surface area (Å²) in [5, 5.41) is 8.38. The Labute approximate surface area is 261 Å². The quantitative estimate of drug-likeness (QED) is 0.207. The Morgan fingerprint density at radius 1 is 0.977 bits per heavy atom. The Hall–Kier alpha value is -3.40. The van der Waals surface area contributed by atoms with E-state index in [4.69, 9.17) is 32.5 Å². The van der Waals surface area contributed by atoms with E-state index < -0.39 is 11.9 Å². The van der Waals surface area contributed by atoms with Crippen molar-refractivity contribution < 1.29 is 27.2 Å². The van der Waals surface area contributed by atoms with Gasteiger partial charge in [0.05, 0.1) is 22.8 Å². The van der Waals surface area contributed by atoms with E-state index in [1.807, 2.05) is 0 Å². The maximum atomic E-state index is 13.3. The third-order valence-corrected chi connectivity index (χ3v) is 9.63. The second-order valence-corrected chi connectivity index (χ2v) is 12.7. The summed E-state index contributed by atoms with van der Waals surface area (Å²) in [4.78, 5) is 16.9. The number of fused-ring (bicyclic) bond motifs is 2. The van der Waals surface area contributed by atoms with Crippen molar-refractivity contribution in [2.45, 2.75) is 56.9 Å². The van der Waals surface area contributed by atoms with Crippen LogP contribution in [0.5, 0.6) is 0 Å². The molecule has 0 aliphatic heterocycles. The number of rotatable bonds is 8. The van der Waals surface area contributed by atoms with Gasteiger partial charge in [0.25, 0.3) is 0 Å². The number of nitrogens with zero attached hydrogens (tertiary/aromatic N) is 2. The molecule has 2 unspecified atom stereocenters. The number of aromatic nitrogens is 2. The number of pyridine rings is 1. The highest BCUT2D eigenvalue weighted by atomic mass is 35.5. The molecule has 1 amide bonds. The SMILES string of the molecule is O=C(Nc1cccc(-c2ccc(C(F)(F)F)nc2)c1)C1C2CC(OCc3c(-c4c(Cl)cccc4Cl)noc3C3CC3)CC1C2. The third kappa shape index (κ3) is 5.73. The fraction of sp³-hybridized carbons (Fsp3) is 0.364. The normalized spacial score (nSPS) is 22.8. The van der Waals surface area contributed by atoms with Crippen molar-refractivity contribution in [2.75, 3.05) is 5.32 Å². The molecule has 2 aromatic carbocycles. The molecule has 4 saturated carbocycles. The molecule has 2 aromatic heterocycles. The molecule has 4 aliphatic rings. The fourth-order valence-electron chi connectivity index (χ4n) is 6.68. The molecule has 44 heavy (non-hydrogen) atoms. The lowest BCUT2D eigenvalue weighted by Crippen LogP contribution is -2.51. The summed E-state index contributed by atoms with van der Waals surface area (Å²) in [5.41, 5.74) is 3.01. The fourth-order valence-corrected chi connectivity index (χ4v) is 7.25. The van der Waals surface area contributed by atoms with Crippen LogP contribution in [0.4, 0.5) is 18.9 Å². The van der Waals surface area contributed by atoms with Crippen LogP contribution in [0.1, 0.15) is 55.0 Å². The first-order valence-corrected chi connectivity index (χ1v) is 15.4. The Balaban J connectivity index is 0.989. The maximum Gasteiger partial charge on any atom is 0.433 e. The van der Waals surface area contributed by atoms with E-state index in [-0.39, 0.29) is 29.8 Å². The molecule has 2 bridgehead atoms. The number of hydrogen-bond donors (Lipinski definition) is 1. The summed E-state index contributed by atoms with van der Waals surface area (Å²) in [6, 6.07) is 14.8. The van der Waals surface area contributed by atoms with Gasteiger partial charge in [-0.05, 0) is 79.8 Å². The van der Waals surface area contributed by atoms with Crippen molar-refractivity contribution in [2.24, 2.45) is 17.8 Å². The molecule has 11 heteroatoms. The van der Waals surface area contributed by atoms with Crippen LogP contribution < -0.4 is 5.32 Å². The zero-order chi connectivity index (χ0) is 30.6. The molecule has 0 spiro atoms. The second kappa shape index (κ2) is 11.5. The molecule has 228 valence electrons. The lowest BCUT2D eigenvalue weighted by Gasteiger charge is -2.51. The van der Waals surface area contributed by atoms with Crippen molar-refractivity contribution in [3.05, 3.63) is 87.9 Å². The first-order chi connectivity index (χ1) is 21.2. The molecule has 6 nitrogen and oxygen atoms in total. The van der Waals surface area contributed by atoms with Gasteiger partial charge in [0, 0.05) is 40.4 Å². The molecule has 4 aliphatic carbocycles. The van der Waals surface area contributed by atoms with E-state index in [1.165, 1.54) is 12.3 Å². The monoisotopic (exact) mass is 641 g/mol. The number of halogens is 5. The van der Waals surface area contributed by atoms with Gasteiger partial charge in [-0.3, -0.25) is 9.78 Å². The third-order valence-electron chi connectivity index (χ3n) is 9.00. The van der Waals surface area contributed by atoms with Crippen molar-refractivity contribution in [1.29, 1.82) is 0 Å². The average Bonchev–Trinajstić information content (AvgIpc) is 3.75. The zero-order valence-corrected chi connectivity index (χ0v) is 24.9. The van der Waals surface area contributed by atoms with Gasteiger partial charge in [0.2, 0.25) is 5.91 Å². The van der Waals surface area contributed by atoms with Crippen LogP contribution >= 0.6 is 23.2 Å². The minimum absolute atomic E-state index is 0.00909. The van der Waals surface area contributed by atoms with Gasteiger partial charge >= 0.3 is 6.18 Å². The van der Waals surface area contributed by atoms with Crippen LogP contribution in [-0.2, 0) is 22.3 Å². The summed E-state index contributed by atoms with van der Waals surface area (Å²) in [5.74, 6) is 1.44. The molecule has 8 rings (SSSR count). The van der Waals surface area contributed by atoms with E-state index in [9.17, 15) is 18.0 Å². The molecular formula is C33H28Cl2F3N3O3. The lowest BCUT2D eigenvalue weighted by molar-refractivity contribution is -0.142. The van der Waals surface area contributed by atoms with E-state index in [0.29, 0.717) is 50.6 Å². The van der Waals surface area contributed by atoms with Crippen LogP contribution in [0, 0.1) is 17.8 Å². The first kappa shape index (κ1) is 29.3. The number of benzene rings is 2. The molecule has 2 atom stereocenters. The van der Waals surface area contributed by atoms with E-state index in [2.05, 4.69) is 15.5 Å². The molecule has 1 N–H and O–H groups in total. The van der Waals surface area contributed by atoms with Crippen molar-refractivity contribution in [3.8, 4) is 22.4 Å². The molecule has 0 saturated heterocycles. The van der Waals surface area contributed by atoms with Gasteiger partial charge in [-0.1, -0.05) is 52.6 Å². The summed E-state index contributed by atoms with van der Waals surface area (Å²) in [6.07, 6.45) is 1.34. The average molecular weight is 643 g/mol. The summed E-state index contributed by atoms with van der Waals surface area (Å²) in [7, 11) is 0. The van der Waals surface area contributed by atoms with Gasteiger partial charge < -0.3 is 14.6 Å². The van der Waals surface area contributed by atoms with Crippen LogP contribution in [0.15, 0.2) is 65.3 Å². The number of hydrogen-bond acceptors (Lipinski definition) is 5. The lowest BCUT2D eigenvalue weighted by atomic mass is 9.56. The molecule has 0 radical (unpaired) electrons. The number of carbonyl (C=O) groups excluding carboxylic acids is 1. The standard InChI is InChI=1S/C33H28Cl2F3N3O3/c34-25-5-2-6-26(35)29(25)30-24(31(44-41-30)17-7-8-17)16-43-23-13-20-11-21(14-23)28(20)32(42)40-22-4-1-3-18(12-22)19-9-10-27(39-15-19)33(36,37)38/h1-6,9-10,12,15,17,20-21,23,28H,7-8,11,13-14,16H2,(H,40,42). The van der Waals surface area contributed by atoms with Gasteiger partial charge in [-0.25, -0.2) is 0 Å². The Morgan fingerprint density at radius 2 is 1.70 bits per heavy atom. The summed E-state index contributed by atoms with van der Waals surface area (Å²) >= 11 is 13.0. The number of carbonyl (C=O) groups is 1. The predicted octanol–water partition coefficient (Wildman–Crippen LogP) is 9.18. The zero-order valence-electron chi connectivity index (χ0n) is 23.4. The highest BCUT2D eigenvalue weighted by molar-refractivity contribution is 6.39. The smallest absolute Gasteiger partial charge is 0.373 e. The molecule has 4 fully saturated rings. The van der Waals surface area contributed by atoms with Crippen LogP contribution in [0.2, 0.25) is 10.0 Å². The Kier molecular flexibility index (Phi) is 7.67. The van der Waals surface area contributed by atoms with E-state index in [1.54, 1.807) is 42.5 Å². The van der Waals surface area contributed by atoms with Gasteiger partial charge in [0.15, 0.2) is 0 Å². The topological polar surface area (TPSA) is 77.2 Å². The van der Waals surface area contributed by atoms with Crippen LogP contribution in [0.3, 0.4) is 0 Å². The van der Waals surface area contributed by atoms with Gasteiger partial charge in [0.1, 0.15) is 17.1 Å². The minimum Gasteiger partial charge on any atom is -0.373 e. The number of ether oxygens (including phenoxy) is 1. The summed E-state index contributed by atoms with van der Waals surface area (Å²) < 4.78 is 50.9. The van der Waals surface area contributed by atoms with Gasteiger partial charge in [-0.15, -0.1) is 0 Å². The highest BCUT2D eigenvalue weighted by Gasteiger charge is 2.51. The molecule has 4 aromatic rings. The van der Waals surface area contributed by atoms with Gasteiger partial charge in [-0.2, -0.15) is 13.2 Å². The number of alkyl halides is 3. The molecular weight excluding hydrogens is 614 g/mol. The molecule has 2 heterocycles. The van der Waals surface area contributed by atoms with Crippen LogP contribution in [0.25, 0.3) is 22.4 Å². The first-order valence-electron chi connectivity index (χ1n) is 14.6. The summed E-state index contributed by atoms with van der Waals surface area (Å²) in [6.45, 7) is 0.332. The van der Waals surface area contributed by atoms with Crippen molar-refractivity contribution in [1.82, 2.24) is 10.1 Å². The van der Waals surface area contributed by atoms with Crippen molar-refractivity contribution >= 4 is 34.8 Å². The minimum atomic E-state index is -4.50. The maximum absolute atomic E-state index is 13.3. The Bertz CT molecular complexity index is 1670. The van der Waals surface area contributed by atoms with Crippen molar-refractivity contribution in [3.63, 3.8) is 0 Å². The predicted molar refractivity (Wildman–Crippen MR) is 160 cm³/mol. The Morgan fingerprint density at radius 3 is 2.36 bits per heavy atom. The number of nitrogens with one attached hydrogen (secondary N) is 1. The number of amides is 1. The van der Waals surface area contributed by atoms with E-state index in [0.717, 1.165) is 49.5 Å². The van der Waals surface area contributed by atoms with E-state index >= 15 is 0 Å². The highest BCUT2D eigenvalue weighted by Crippen LogP contribution is 2.52. The largest absolute Gasteiger partial charge is 0.433 e.